The molecule has 2 rings (SSSR count). The summed E-state index contributed by atoms with van der Waals surface area (Å²) in [5.74, 6) is 1.03. The number of ether oxygens (including phenoxy) is 1. The maximum Gasteiger partial charge on any atom is 0.142 e. The van der Waals surface area contributed by atoms with Gasteiger partial charge in [0, 0.05) is 18.1 Å². The van der Waals surface area contributed by atoms with Crippen LogP contribution in [0.3, 0.4) is 0 Å². The van der Waals surface area contributed by atoms with Gasteiger partial charge in [-0.1, -0.05) is 12.1 Å². The molecule has 3 nitrogen and oxygen atoms in total. The van der Waals surface area contributed by atoms with Crippen molar-refractivity contribution in [3.05, 3.63) is 24.3 Å². The molecule has 0 fully saturated rings. The number of anilines is 1. The van der Waals surface area contributed by atoms with Crippen molar-refractivity contribution >= 4 is 5.69 Å². The third kappa shape index (κ3) is 4.14. The van der Waals surface area contributed by atoms with Crippen LogP contribution in [0.2, 0.25) is 0 Å². The van der Waals surface area contributed by atoms with Crippen LogP contribution in [0, 0.1) is 0 Å². The second-order valence-corrected chi connectivity index (χ2v) is 6.68. The molecule has 1 N–H and O–H groups in total. The molecule has 1 aliphatic heterocycles. The van der Waals surface area contributed by atoms with Crippen molar-refractivity contribution in [3.8, 4) is 5.75 Å². The predicted molar refractivity (Wildman–Crippen MR) is 85.7 cm³/mol. The summed E-state index contributed by atoms with van der Waals surface area (Å²) in [5, 5.41) is 3.57. The number of hydrogen-bond acceptors (Lipinski definition) is 3. The normalized spacial score (nSPS) is 17.1. The summed E-state index contributed by atoms with van der Waals surface area (Å²) in [7, 11) is 0. The Balaban J connectivity index is 2.00. The molecule has 1 heterocycles. The Bertz CT molecular complexity index is 425. The molecule has 112 valence electrons. The summed E-state index contributed by atoms with van der Waals surface area (Å²) in [5.41, 5.74) is 1.44. The average molecular weight is 276 g/mol. The van der Waals surface area contributed by atoms with Crippen LogP contribution in [0.15, 0.2) is 24.3 Å². The van der Waals surface area contributed by atoms with Crippen LogP contribution in [0.4, 0.5) is 5.69 Å². The molecule has 0 aromatic heterocycles. The van der Waals surface area contributed by atoms with Gasteiger partial charge in [0.25, 0.3) is 0 Å². The second-order valence-electron chi connectivity index (χ2n) is 6.68. The van der Waals surface area contributed by atoms with Crippen molar-refractivity contribution in [3.63, 3.8) is 0 Å². The van der Waals surface area contributed by atoms with Gasteiger partial charge in [0.15, 0.2) is 0 Å². The van der Waals surface area contributed by atoms with Gasteiger partial charge in [-0.25, -0.2) is 0 Å². The Morgan fingerprint density at radius 1 is 1.30 bits per heavy atom. The van der Waals surface area contributed by atoms with Crippen molar-refractivity contribution in [2.75, 3.05) is 24.6 Å². The van der Waals surface area contributed by atoms with Gasteiger partial charge in [-0.2, -0.15) is 0 Å². The van der Waals surface area contributed by atoms with Gasteiger partial charge >= 0.3 is 0 Å². The van der Waals surface area contributed by atoms with Crippen molar-refractivity contribution in [2.45, 2.75) is 52.1 Å². The Hall–Kier alpha value is -1.22. The molecule has 1 aromatic rings. The smallest absolute Gasteiger partial charge is 0.142 e. The molecule has 0 spiro atoms. The molecule has 1 unspecified atom stereocenters. The minimum atomic E-state index is 0.194. The summed E-state index contributed by atoms with van der Waals surface area (Å²) < 4.78 is 5.83. The number of fused-ring (bicyclic) bond motifs is 1. The van der Waals surface area contributed by atoms with Crippen LogP contribution in [0.1, 0.15) is 40.5 Å². The zero-order chi connectivity index (χ0) is 14.6. The molecule has 3 heteroatoms. The highest BCUT2D eigenvalue weighted by Crippen LogP contribution is 2.32. The number of rotatable bonds is 4. The number of hydrogen-bond donors (Lipinski definition) is 1. The van der Waals surface area contributed by atoms with Gasteiger partial charge in [-0.3, -0.25) is 0 Å². The number of benzene rings is 1. The Morgan fingerprint density at radius 2 is 2.05 bits per heavy atom. The summed E-state index contributed by atoms with van der Waals surface area (Å²) in [6.07, 6.45) is 2.23. The van der Waals surface area contributed by atoms with Gasteiger partial charge < -0.3 is 15.0 Å². The van der Waals surface area contributed by atoms with Crippen molar-refractivity contribution in [2.24, 2.45) is 0 Å². The first-order valence-electron chi connectivity index (χ1n) is 7.71. The van der Waals surface area contributed by atoms with Gasteiger partial charge in [-0.15, -0.1) is 0 Å². The molecular formula is C17H28N2O. The minimum absolute atomic E-state index is 0.194. The first-order valence-corrected chi connectivity index (χ1v) is 7.71. The lowest BCUT2D eigenvalue weighted by atomic mass is 10.1. The molecule has 1 aliphatic rings. The lowest BCUT2D eigenvalue weighted by Gasteiger charge is -2.31. The van der Waals surface area contributed by atoms with Crippen molar-refractivity contribution in [1.29, 1.82) is 0 Å². The van der Waals surface area contributed by atoms with Crippen LogP contribution >= 0.6 is 0 Å². The van der Waals surface area contributed by atoms with Gasteiger partial charge in [0.2, 0.25) is 0 Å². The minimum Gasteiger partial charge on any atom is -0.491 e. The molecule has 0 bridgehead atoms. The number of nitrogens with zero attached hydrogens (tertiary/aromatic N) is 1. The molecule has 0 radical (unpaired) electrons. The number of para-hydroxylation sites is 2. The summed E-state index contributed by atoms with van der Waals surface area (Å²) in [6, 6.07) is 8.92. The third-order valence-electron chi connectivity index (χ3n) is 3.73. The second kappa shape index (κ2) is 6.49. The zero-order valence-corrected chi connectivity index (χ0v) is 13.3. The molecule has 1 aromatic carbocycles. The fourth-order valence-electron chi connectivity index (χ4n) is 2.62. The van der Waals surface area contributed by atoms with Gasteiger partial charge in [0.05, 0.1) is 12.3 Å². The maximum absolute atomic E-state index is 5.83. The molecule has 0 saturated heterocycles. The van der Waals surface area contributed by atoms with Crippen molar-refractivity contribution in [1.82, 2.24) is 5.32 Å². The van der Waals surface area contributed by atoms with E-state index in [2.05, 4.69) is 56.1 Å². The Kier molecular flexibility index (Phi) is 4.92. The monoisotopic (exact) mass is 276 g/mol. The summed E-state index contributed by atoms with van der Waals surface area (Å²) >= 11 is 0. The molecule has 0 amide bonds. The largest absolute Gasteiger partial charge is 0.491 e. The topological polar surface area (TPSA) is 24.5 Å². The van der Waals surface area contributed by atoms with E-state index >= 15 is 0 Å². The highest BCUT2D eigenvalue weighted by molar-refractivity contribution is 5.59. The fourth-order valence-corrected chi connectivity index (χ4v) is 2.62. The highest BCUT2D eigenvalue weighted by atomic mass is 16.5. The van der Waals surface area contributed by atoms with Crippen molar-refractivity contribution < 1.29 is 4.74 Å². The summed E-state index contributed by atoms with van der Waals surface area (Å²) in [6.45, 7) is 11.9. The van der Waals surface area contributed by atoms with E-state index in [1.807, 2.05) is 6.07 Å². The van der Waals surface area contributed by atoms with E-state index in [-0.39, 0.29) is 5.54 Å². The molecule has 0 aliphatic carbocycles. The zero-order valence-electron chi connectivity index (χ0n) is 13.3. The lowest BCUT2D eigenvalue weighted by molar-refractivity contribution is 0.322. The van der Waals surface area contributed by atoms with Gasteiger partial charge in [0.1, 0.15) is 5.75 Å². The van der Waals surface area contributed by atoms with E-state index in [1.165, 1.54) is 5.69 Å². The fraction of sp³-hybridized carbons (Fsp3) is 0.647. The maximum atomic E-state index is 5.83. The van der Waals surface area contributed by atoms with E-state index in [9.17, 15) is 0 Å². The first-order chi connectivity index (χ1) is 9.47. The highest BCUT2D eigenvalue weighted by Gasteiger charge is 2.20. The van der Waals surface area contributed by atoms with E-state index < -0.39 is 0 Å². The Labute approximate surface area is 123 Å². The predicted octanol–water partition coefficient (Wildman–Crippen LogP) is 3.44. The third-order valence-corrected chi connectivity index (χ3v) is 3.73. The van der Waals surface area contributed by atoms with E-state index in [4.69, 9.17) is 4.74 Å². The molecule has 0 saturated carbocycles. The quantitative estimate of drug-likeness (QED) is 0.911. The van der Waals surface area contributed by atoms with Crippen LogP contribution in [0.5, 0.6) is 5.75 Å². The molecule has 20 heavy (non-hydrogen) atoms. The van der Waals surface area contributed by atoms with E-state index in [1.54, 1.807) is 0 Å². The first kappa shape index (κ1) is 15.2. The number of nitrogens with one attached hydrogen (secondary N) is 1. The van der Waals surface area contributed by atoms with Crippen LogP contribution in [0.25, 0.3) is 0 Å². The average Bonchev–Trinajstić information content (AvgIpc) is 2.59. The van der Waals surface area contributed by atoms with Crippen LogP contribution in [-0.2, 0) is 0 Å². The van der Waals surface area contributed by atoms with Gasteiger partial charge in [-0.05, 0) is 59.2 Å². The SMILES string of the molecule is CC(CCNC(C)(C)C)N1CCCOc2ccccc21. The molecule has 1 atom stereocenters. The van der Waals surface area contributed by atoms with Crippen LogP contribution in [-0.4, -0.2) is 31.3 Å². The standard InChI is InChI=1S/C17H28N2O/c1-14(10-11-18-17(2,3)4)19-12-7-13-20-16-9-6-5-8-15(16)19/h5-6,8-9,14,18H,7,10-13H2,1-4H3. The lowest BCUT2D eigenvalue weighted by Crippen LogP contribution is -2.40. The van der Waals surface area contributed by atoms with E-state index in [0.717, 1.165) is 38.3 Å². The summed E-state index contributed by atoms with van der Waals surface area (Å²) in [4.78, 5) is 2.49. The molecular weight excluding hydrogens is 248 g/mol. The van der Waals surface area contributed by atoms with E-state index in [0.29, 0.717) is 6.04 Å². The van der Waals surface area contributed by atoms with Crippen LogP contribution < -0.4 is 15.0 Å². The Morgan fingerprint density at radius 3 is 2.80 bits per heavy atom.